The van der Waals surface area contributed by atoms with E-state index < -0.39 is 11.2 Å². The molecule has 3 aromatic rings. The predicted molar refractivity (Wildman–Crippen MR) is 96.7 cm³/mol. The van der Waals surface area contributed by atoms with E-state index in [1.54, 1.807) is 11.9 Å². The summed E-state index contributed by atoms with van der Waals surface area (Å²) in [6.07, 6.45) is 0.138. The number of fused-ring (bicyclic) bond motifs is 1. The van der Waals surface area contributed by atoms with Crippen LogP contribution in [0.4, 0.5) is 11.6 Å². The van der Waals surface area contributed by atoms with Gasteiger partial charge in [0.2, 0.25) is 5.95 Å². The van der Waals surface area contributed by atoms with Gasteiger partial charge < -0.3 is 14.6 Å². The van der Waals surface area contributed by atoms with Crippen LogP contribution in [0.1, 0.15) is 6.42 Å². The number of para-hydroxylation sites is 1. The number of hydrogen-bond donors (Lipinski definition) is 1. The fraction of sp³-hybridized carbons (Fsp3) is 0.294. The van der Waals surface area contributed by atoms with Gasteiger partial charge in [-0.2, -0.15) is 4.98 Å². The lowest BCUT2D eigenvalue weighted by Gasteiger charge is -2.21. The van der Waals surface area contributed by atoms with E-state index in [1.807, 2.05) is 30.3 Å². The molecule has 0 radical (unpaired) electrons. The van der Waals surface area contributed by atoms with E-state index in [1.165, 1.54) is 18.7 Å². The van der Waals surface area contributed by atoms with Gasteiger partial charge in [-0.05, 0) is 12.1 Å². The quantitative estimate of drug-likeness (QED) is 0.673. The molecule has 9 nitrogen and oxygen atoms in total. The van der Waals surface area contributed by atoms with Crippen molar-refractivity contribution < 1.29 is 9.53 Å². The summed E-state index contributed by atoms with van der Waals surface area (Å²) >= 11 is 0. The van der Waals surface area contributed by atoms with Gasteiger partial charge in [0.1, 0.15) is 0 Å². The Labute approximate surface area is 148 Å². The Balaban J connectivity index is 2.13. The van der Waals surface area contributed by atoms with Crippen LogP contribution in [-0.2, 0) is 23.6 Å². The molecule has 26 heavy (non-hydrogen) atoms. The molecule has 136 valence electrons. The van der Waals surface area contributed by atoms with Crippen LogP contribution in [0.15, 0.2) is 39.9 Å². The van der Waals surface area contributed by atoms with E-state index in [4.69, 9.17) is 4.74 Å². The second-order valence-corrected chi connectivity index (χ2v) is 5.78. The number of esters is 1. The highest BCUT2D eigenvalue weighted by atomic mass is 16.5. The van der Waals surface area contributed by atoms with Crippen molar-refractivity contribution in [2.75, 3.05) is 18.6 Å². The third-order valence-electron chi connectivity index (χ3n) is 4.17. The van der Waals surface area contributed by atoms with Crippen molar-refractivity contribution in [1.82, 2.24) is 19.1 Å². The molecular formula is C17H19N5O4. The molecule has 1 N–H and O–H groups in total. The number of aryl methyl sites for hydroxylation is 1. The van der Waals surface area contributed by atoms with Crippen molar-refractivity contribution in [3.8, 4) is 0 Å². The van der Waals surface area contributed by atoms with Crippen molar-refractivity contribution in [2.24, 2.45) is 14.1 Å². The van der Waals surface area contributed by atoms with Gasteiger partial charge in [-0.1, -0.05) is 18.2 Å². The van der Waals surface area contributed by atoms with Crippen LogP contribution >= 0.6 is 0 Å². The number of benzene rings is 1. The number of anilines is 2. The van der Waals surface area contributed by atoms with Gasteiger partial charge in [0.15, 0.2) is 11.2 Å². The van der Waals surface area contributed by atoms with Crippen LogP contribution in [0.5, 0.6) is 0 Å². The molecule has 3 rings (SSSR count). The first kappa shape index (κ1) is 17.5. The lowest BCUT2D eigenvalue weighted by atomic mass is 10.3. The highest BCUT2D eigenvalue weighted by Gasteiger charge is 2.19. The van der Waals surface area contributed by atoms with E-state index in [-0.39, 0.29) is 23.6 Å². The minimum atomic E-state index is -0.457. The molecule has 0 aliphatic heterocycles. The Morgan fingerprint density at radius 1 is 1.19 bits per heavy atom. The lowest BCUT2D eigenvalue weighted by Crippen LogP contribution is -2.36. The summed E-state index contributed by atoms with van der Waals surface area (Å²) in [6.45, 7) is 0.296. The minimum Gasteiger partial charge on any atom is -0.469 e. The number of hydrogen-bond acceptors (Lipinski definition) is 6. The molecule has 1 aromatic carbocycles. The van der Waals surface area contributed by atoms with Crippen LogP contribution in [0.3, 0.4) is 0 Å². The normalized spacial score (nSPS) is 10.9. The number of nitrogens with zero attached hydrogens (tertiary/aromatic N) is 4. The molecule has 0 aliphatic carbocycles. The first-order chi connectivity index (χ1) is 12.4. The summed E-state index contributed by atoms with van der Waals surface area (Å²) in [6, 6.07) is 9.32. The molecule has 9 heteroatoms. The van der Waals surface area contributed by atoms with Crippen molar-refractivity contribution in [2.45, 2.75) is 6.42 Å². The first-order valence-corrected chi connectivity index (χ1v) is 7.99. The van der Waals surface area contributed by atoms with Crippen molar-refractivity contribution in [3.63, 3.8) is 0 Å². The number of nitrogens with one attached hydrogen (secondary N) is 1. The van der Waals surface area contributed by atoms with Gasteiger partial charge in [-0.25, -0.2) is 4.79 Å². The van der Waals surface area contributed by atoms with Crippen LogP contribution < -0.4 is 16.1 Å². The molecule has 0 bridgehead atoms. The summed E-state index contributed by atoms with van der Waals surface area (Å²) in [5.74, 6) is 0.0127. The zero-order valence-electron chi connectivity index (χ0n) is 14.7. The number of H-pyrrole nitrogens is 1. The van der Waals surface area contributed by atoms with E-state index in [9.17, 15) is 14.4 Å². The number of aromatic amines is 1. The van der Waals surface area contributed by atoms with Crippen molar-refractivity contribution >= 4 is 28.8 Å². The van der Waals surface area contributed by atoms with E-state index in [2.05, 4.69) is 9.97 Å². The first-order valence-electron chi connectivity index (χ1n) is 7.99. The van der Waals surface area contributed by atoms with Gasteiger partial charge in [0.05, 0.1) is 13.5 Å². The Morgan fingerprint density at radius 3 is 2.54 bits per heavy atom. The van der Waals surface area contributed by atoms with Gasteiger partial charge >= 0.3 is 11.7 Å². The van der Waals surface area contributed by atoms with Gasteiger partial charge in [0.25, 0.3) is 5.56 Å². The van der Waals surface area contributed by atoms with Gasteiger partial charge in [-0.3, -0.25) is 18.7 Å². The lowest BCUT2D eigenvalue weighted by molar-refractivity contribution is -0.140. The Kier molecular flexibility index (Phi) is 4.61. The molecule has 0 fully saturated rings. The van der Waals surface area contributed by atoms with Crippen LogP contribution in [0, 0.1) is 0 Å². The van der Waals surface area contributed by atoms with Gasteiger partial charge in [-0.15, -0.1) is 0 Å². The third-order valence-corrected chi connectivity index (χ3v) is 4.17. The topological polar surface area (TPSA) is 102 Å². The highest BCUT2D eigenvalue weighted by molar-refractivity contribution is 5.76. The summed E-state index contributed by atoms with van der Waals surface area (Å²) in [5.41, 5.74) is 0.359. The number of carbonyl (C=O) groups excluding carboxylic acids is 1. The largest absolute Gasteiger partial charge is 0.469 e. The second-order valence-electron chi connectivity index (χ2n) is 5.78. The zero-order chi connectivity index (χ0) is 18.8. The van der Waals surface area contributed by atoms with E-state index >= 15 is 0 Å². The molecular weight excluding hydrogens is 338 g/mol. The summed E-state index contributed by atoms with van der Waals surface area (Å²) in [7, 11) is 4.29. The molecule has 2 aromatic heterocycles. The fourth-order valence-electron chi connectivity index (χ4n) is 2.71. The molecule has 0 unspecified atom stereocenters. The summed E-state index contributed by atoms with van der Waals surface area (Å²) < 4.78 is 7.03. The zero-order valence-corrected chi connectivity index (χ0v) is 14.7. The smallest absolute Gasteiger partial charge is 0.332 e. The van der Waals surface area contributed by atoms with Crippen LogP contribution in [-0.4, -0.2) is 38.7 Å². The average Bonchev–Trinajstić information content (AvgIpc) is 3.10. The Morgan fingerprint density at radius 2 is 1.88 bits per heavy atom. The van der Waals surface area contributed by atoms with Crippen molar-refractivity contribution in [1.29, 1.82) is 0 Å². The molecule has 0 saturated heterocycles. The third kappa shape index (κ3) is 2.99. The Bertz CT molecular complexity index is 1060. The number of aromatic nitrogens is 4. The maximum Gasteiger partial charge on any atom is 0.332 e. The van der Waals surface area contributed by atoms with Gasteiger partial charge in [0, 0.05) is 26.3 Å². The van der Waals surface area contributed by atoms with Crippen molar-refractivity contribution in [3.05, 3.63) is 51.2 Å². The SMILES string of the molecule is COC(=O)CCN(c1ccccc1)c1nc2c([nH]1)c(=O)n(C)c(=O)n2C. The average molecular weight is 357 g/mol. The number of carbonyl (C=O) groups is 1. The molecule has 0 atom stereocenters. The molecule has 0 spiro atoms. The molecule has 0 aliphatic rings. The maximum absolute atomic E-state index is 12.4. The van der Waals surface area contributed by atoms with Crippen LogP contribution in [0.25, 0.3) is 11.2 Å². The van der Waals surface area contributed by atoms with Crippen LogP contribution in [0.2, 0.25) is 0 Å². The molecule has 0 saturated carbocycles. The van der Waals surface area contributed by atoms with E-state index in [0.29, 0.717) is 12.5 Å². The second kappa shape index (κ2) is 6.87. The standard InChI is InChI=1S/C17H19N5O4/c1-20-14-13(15(24)21(2)17(20)25)18-16(19-14)22(10-9-12(23)26-3)11-7-5-4-6-8-11/h4-8H,9-10H2,1-3H3,(H,18,19). The summed E-state index contributed by atoms with van der Waals surface area (Å²) in [5, 5.41) is 0. The number of rotatable bonds is 5. The minimum absolute atomic E-state index is 0.138. The maximum atomic E-state index is 12.4. The molecule has 2 heterocycles. The fourth-order valence-corrected chi connectivity index (χ4v) is 2.71. The number of imidazole rings is 1. The Hall–Kier alpha value is -3.36. The van der Waals surface area contributed by atoms with E-state index in [0.717, 1.165) is 10.3 Å². The molecule has 0 amide bonds. The number of ether oxygens (including phenoxy) is 1. The predicted octanol–water partition coefficient (Wildman–Crippen LogP) is 0.661. The summed E-state index contributed by atoms with van der Waals surface area (Å²) in [4.78, 5) is 45.2. The highest BCUT2D eigenvalue weighted by Crippen LogP contribution is 2.24. The number of methoxy groups -OCH3 is 1. The monoisotopic (exact) mass is 357 g/mol.